The highest BCUT2D eigenvalue weighted by Crippen LogP contribution is 2.24. The summed E-state index contributed by atoms with van der Waals surface area (Å²) in [6.07, 6.45) is -0.491. The number of halogens is 4. The van der Waals surface area contributed by atoms with Gasteiger partial charge in [-0.25, -0.2) is 9.18 Å². The van der Waals surface area contributed by atoms with Crippen LogP contribution in [0.5, 0.6) is 0 Å². The van der Waals surface area contributed by atoms with Crippen molar-refractivity contribution in [2.24, 2.45) is 0 Å². The molecule has 5 nitrogen and oxygen atoms in total. The van der Waals surface area contributed by atoms with Crippen LogP contribution in [-0.4, -0.2) is 36.4 Å². The highest BCUT2D eigenvalue weighted by atomic mass is 19.4. The van der Waals surface area contributed by atoms with Crippen molar-refractivity contribution < 1.29 is 27.5 Å². The lowest BCUT2D eigenvalue weighted by Crippen LogP contribution is -2.38. The molecule has 32 heavy (non-hydrogen) atoms. The molecule has 3 rings (SSSR count). The fourth-order valence-electron chi connectivity index (χ4n) is 3.47. The van der Waals surface area contributed by atoms with Gasteiger partial charge in [0, 0.05) is 24.2 Å². The lowest BCUT2D eigenvalue weighted by molar-refractivity contribution is -0.192. The number of nitrogens with one attached hydrogen (secondary N) is 2. The average Bonchev–Trinajstić information content (AvgIpc) is 2.79. The minimum atomic E-state index is -5.08. The third-order valence-corrected chi connectivity index (χ3v) is 5.35. The predicted octanol–water partition coefficient (Wildman–Crippen LogP) is 4.62. The van der Waals surface area contributed by atoms with Crippen LogP contribution < -0.4 is 10.6 Å². The largest absolute Gasteiger partial charge is 0.490 e. The molecule has 1 fully saturated rings. The molecule has 3 N–H and O–H groups in total. The van der Waals surface area contributed by atoms with Crippen molar-refractivity contribution in [1.29, 1.82) is 5.26 Å². The van der Waals surface area contributed by atoms with E-state index >= 15 is 0 Å². The van der Waals surface area contributed by atoms with E-state index in [0.29, 0.717) is 29.8 Å². The number of alkyl halides is 3. The van der Waals surface area contributed by atoms with Gasteiger partial charge in [-0.05, 0) is 68.1 Å². The molecule has 9 heteroatoms. The van der Waals surface area contributed by atoms with Gasteiger partial charge in [0.1, 0.15) is 5.82 Å². The van der Waals surface area contributed by atoms with Gasteiger partial charge in [0.05, 0.1) is 11.6 Å². The Hall–Kier alpha value is -2.96. The molecular weight excluding hydrogens is 426 g/mol. The van der Waals surface area contributed by atoms with Crippen molar-refractivity contribution in [3.05, 3.63) is 59.4 Å². The van der Waals surface area contributed by atoms with Crippen molar-refractivity contribution in [1.82, 2.24) is 10.6 Å². The summed E-state index contributed by atoms with van der Waals surface area (Å²) in [5, 5.41) is 22.9. The van der Waals surface area contributed by atoms with Gasteiger partial charge in [-0.1, -0.05) is 18.2 Å². The SMILES string of the molecule is CNC1CCC(NCc2cc(-c3ccc(C#N)cc3)ccc2F)CC1.O=C(O)C(F)(F)F. The van der Waals surface area contributed by atoms with Gasteiger partial charge in [-0.2, -0.15) is 18.4 Å². The first-order chi connectivity index (χ1) is 15.1. The second kappa shape index (κ2) is 11.6. The molecule has 0 saturated heterocycles. The molecule has 2 aromatic carbocycles. The Kier molecular flexibility index (Phi) is 9.17. The summed E-state index contributed by atoms with van der Waals surface area (Å²) in [5.74, 6) is -2.93. The standard InChI is InChI=1S/C21H24FN3.C2HF3O2/c1-24-19-7-9-20(10-8-19)25-14-18-12-17(6-11-21(18)22)16-4-2-15(13-23)3-5-16;3-2(4,5)1(6)7/h2-6,11-12,19-20,24-25H,7-10,14H2,1H3;(H,6,7). The average molecular weight is 451 g/mol. The van der Waals surface area contributed by atoms with Crippen LogP contribution in [0, 0.1) is 17.1 Å². The Balaban J connectivity index is 0.000000451. The maximum atomic E-state index is 14.2. The maximum absolute atomic E-state index is 14.2. The number of hydrogen-bond acceptors (Lipinski definition) is 4. The zero-order chi connectivity index (χ0) is 23.7. The molecule has 1 saturated carbocycles. The second-order valence-corrected chi connectivity index (χ2v) is 7.52. The van der Waals surface area contributed by atoms with E-state index < -0.39 is 12.1 Å². The van der Waals surface area contributed by atoms with Gasteiger partial charge < -0.3 is 15.7 Å². The maximum Gasteiger partial charge on any atom is 0.490 e. The van der Waals surface area contributed by atoms with Gasteiger partial charge in [0.15, 0.2) is 0 Å². The van der Waals surface area contributed by atoms with Crippen molar-refractivity contribution in [2.45, 2.75) is 50.5 Å². The van der Waals surface area contributed by atoms with Crippen molar-refractivity contribution in [3.63, 3.8) is 0 Å². The number of nitrogens with zero attached hydrogens (tertiary/aromatic N) is 1. The topological polar surface area (TPSA) is 85.1 Å². The van der Waals surface area contributed by atoms with Crippen LogP contribution in [0.15, 0.2) is 42.5 Å². The molecule has 0 unspecified atom stereocenters. The summed E-state index contributed by atoms with van der Waals surface area (Å²) in [6, 6.07) is 15.8. The summed E-state index contributed by atoms with van der Waals surface area (Å²) in [4.78, 5) is 8.90. The Morgan fingerprint density at radius 2 is 1.59 bits per heavy atom. The molecule has 0 atom stereocenters. The zero-order valence-electron chi connectivity index (χ0n) is 17.5. The lowest BCUT2D eigenvalue weighted by Gasteiger charge is -2.29. The number of rotatable bonds is 5. The smallest absolute Gasteiger partial charge is 0.475 e. The third kappa shape index (κ3) is 7.62. The number of nitriles is 1. The van der Waals surface area contributed by atoms with Crippen LogP contribution in [-0.2, 0) is 11.3 Å². The molecule has 0 heterocycles. The number of benzene rings is 2. The van der Waals surface area contributed by atoms with E-state index in [4.69, 9.17) is 15.2 Å². The van der Waals surface area contributed by atoms with Crippen molar-refractivity contribution >= 4 is 5.97 Å². The molecule has 0 radical (unpaired) electrons. The van der Waals surface area contributed by atoms with Crippen molar-refractivity contribution in [2.75, 3.05) is 7.05 Å². The number of aliphatic carboxylic acids is 1. The summed E-state index contributed by atoms with van der Waals surface area (Å²) in [5.41, 5.74) is 3.29. The molecule has 0 aliphatic heterocycles. The van der Waals surface area contributed by atoms with E-state index in [2.05, 4.69) is 16.7 Å². The molecule has 2 aromatic rings. The van der Waals surface area contributed by atoms with Crippen LogP contribution in [0.1, 0.15) is 36.8 Å². The first kappa shape index (κ1) is 25.3. The molecule has 0 spiro atoms. The van der Waals surface area contributed by atoms with E-state index in [1.807, 2.05) is 25.2 Å². The fraction of sp³-hybridized carbons (Fsp3) is 0.391. The van der Waals surface area contributed by atoms with E-state index in [1.165, 1.54) is 18.9 Å². The van der Waals surface area contributed by atoms with Gasteiger partial charge >= 0.3 is 12.1 Å². The Labute approximate surface area is 184 Å². The Morgan fingerprint density at radius 3 is 2.09 bits per heavy atom. The highest BCUT2D eigenvalue weighted by molar-refractivity contribution is 5.73. The monoisotopic (exact) mass is 451 g/mol. The van der Waals surface area contributed by atoms with E-state index in [1.54, 1.807) is 18.2 Å². The summed E-state index contributed by atoms with van der Waals surface area (Å²) in [6.45, 7) is 0.546. The number of carbonyl (C=O) groups is 1. The number of carboxylic acid groups (broad SMARTS) is 1. The van der Waals surface area contributed by atoms with Crippen LogP contribution in [0.4, 0.5) is 17.6 Å². The van der Waals surface area contributed by atoms with E-state index in [-0.39, 0.29) is 5.82 Å². The summed E-state index contributed by atoms with van der Waals surface area (Å²) in [7, 11) is 2.02. The van der Waals surface area contributed by atoms with Gasteiger partial charge in [-0.15, -0.1) is 0 Å². The number of carboxylic acids is 1. The van der Waals surface area contributed by atoms with Gasteiger partial charge in [0.25, 0.3) is 0 Å². The van der Waals surface area contributed by atoms with Crippen LogP contribution >= 0.6 is 0 Å². The molecule has 0 amide bonds. The Morgan fingerprint density at radius 1 is 1.06 bits per heavy atom. The van der Waals surface area contributed by atoms with Gasteiger partial charge in [0.2, 0.25) is 0 Å². The molecular formula is C23H25F4N3O2. The second-order valence-electron chi connectivity index (χ2n) is 7.52. The van der Waals surface area contributed by atoms with Crippen LogP contribution in [0.2, 0.25) is 0 Å². The quantitative estimate of drug-likeness (QED) is 0.578. The highest BCUT2D eigenvalue weighted by Gasteiger charge is 2.38. The predicted molar refractivity (Wildman–Crippen MR) is 112 cm³/mol. The zero-order valence-corrected chi connectivity index (χ0v) is 17.5. The fourth-order valence-corrected chi connectivity index (χ4v) is 3.47. The molecule has 0 aromatic heterocycles. The lowest BCUT2D eigenvalue weighted by atomic mass is 9.91. The minimum absolute atomic E-state index is 0.172. The molecule has 1 aliphatic carbocycles. The Bertz CT molecular complexity index is 932. The van der Waals surface area contributed by atoms with Gasteiger partial charge in [-0.3, -0.25) is 0 Å². The first-order valence-corrected chi connectivity index (χ1v) is 10.1. The van der Waals surface area contributed by atoms with Crippen molar-refractivity contribution in [3.8, 4) is 17.2 Å². The summed E-state index contributed by atoms with van der Waals surface area (Å²) < 4.78 is 45.9. The molecule has 1 aliphatic rings. The van der Waals surface area contributed by atoms with Crippen LogP contribution in [0.25, 0.3) is 11.1 Å². The summed E-state index contributed by atoms with van der Waals surface area (Å²) >= 11 is 0. The van der Waals surface area contributed by atoms with E-state index in [9.17, 15) is 17.6 Å². The third-order valence-electron chi connectivity index (χ3n) is 5.35. The normalized spacial score (nSPS) is 18.2. The molecule has 0 bridgehead atoms. The minimum Gasteiger partial charge on any atom is -0.475 e. The van der Waals surface area contributed by atoms with Crippen LogP contribution in [0.3, 0.4) is 0 Å². The molecule has 172 valence electrons. The van der Waals surface area contributed by atoms with E-state index in [0.717, 1.165) is 24.0 Å². The first-order valence-electron chi connectivity index (χ1n) is 10.1. The number of hydrogen-bond donors (Lipinski definition) is 3.